The smallest absolute Gasteiger partial charge is 0.123 e. The lowest BCUT2D eigenvalue weighted by atomic mass is 10.2. The molecule has 1 aromatic carbocycles. The molecule has 0 unspecified atom stereocenters. The van der Waals surface area contributed by atoms with E-state index in [1.807, 2.05) is 12.1 Å². The summed E-state index contributed by atoms with van der Waals surface area (Å²) in [5.41, 5.74) is 1.23. The Balaban J connectivity index is 1.82. The average molecular weight is 288 g/mol. The molecule has 1 saturated carbocycles. The first kappa shape index (κ1) is 16.1. The first-order valence-corrected chi connectivity index (χ1v) is 7.99. The van der Waals surface area contributed by atoms with Crippen LogP contribution in [-0.2, 0) is 6.54 Å². The van der Waals surface area contributed by atoms with Gasteiger partial charge in [0, 0.05) is 37.3 Å². The lowest BCUT2D eigenvalue weighted by Gasteiger charge is -2.21. The topological polar surface area (TPSA) is 24.5 Å². The number of rotatable bonds is 10. The molecule has 0 heterocycles. The molecule has 3 heteroatoms. The Hall–Kier alpha value is -1.32. The molecule has 2 rings (SSSR count). The molecule has 1 N–H and O–H groups in total. The predicted molar refractivity (Wildman–Crippen MR) is 88.7 cm³/mol. The Labute approximate surface area is 129 Å². The summed E-state index contributed by atoms with van der Waals surface area (Å²) in [6.07, 6.45) is 4.63. The third kappa shape index (κ3) is 5.52. The van der Waals surface area contributed by atoms with Gasteiger partial charge in [-0.3, -0.25) is 4.90 Å². The molecule has 116 valence electrons. The maximum atomic E-state index is 6.01. The summed E-state index contributed by atoms with van der Waals surface area (Å²) >= 11 is 0. The van der Waals surface area contributed by atoms with Crippen LogP contribution in [0.3, 0.4) is 0 Å². The Kier molecular flexibility index (Phi) is 6.27. The molecule has 1 aliphatic rings. The normalized spacial score (nSPS) is 14.7. The second-order valence-corrected chi connectivity index (χ2v) is 6.01. The largest absolute Gasteiger partial charge is 0.492 e. The molecule has 3 nitrogen and oxygen atoms in total. The standard InChI is InChI=1S/C18H28N2O/c1-4-11-20(17-9-10-17)12-13-21-18-8-6-5-7-16(18)14-19-15(2)3/h4-8,15,17,19H,1,9-14H2,2-3H3. The zero-order valence-electron chi connectivity index (χ0n) is 13.3. The Morgan fingerprint density at radius 2 is 2.14 bits per heavy atom. The molecule has 1 aromatic rings. The number of para-hydroxylation sites is 1. The summed E-state index contributed by atoms with van der Waals surface area (Å²) in [7, 11) is 0. The van der Waals surface area contributed by atoms with Crippen molar-refractivity contribution in [3.05, 3.63) is 42.5 Å². The second-order valence-electron chi connectivity index (χ2n) is 6.01. The summed E-state index contributed by atoms with van der Waals surface area (Å²) in [6, 6.07) is 9.54. The third-order valence-corrected chi connectivity index (χ3v) is 3.74. The summed E-state index contributed by atoms with van der Waals surface area (Å²) in [5, 5.41) is 3.45. The molecular weight excluding hydrogens is 260 g/mol. The Morgan fingerprint density at radius 1 is 1.38 bits per heavy atom. The van der Waals surface area contributed by atoms with Crippen molar-refractivity contribution >= 4 is 0 Å². The summed E-state index contributed by atoms with van der Waals surface area (Å²) in [5.74, 6) is 1.00. The minimum absolute atomic E-state index is 0.482. The number of ether oxygens (including phenoxy) is 1. The van der Waals surface area contributed by atoms with Gasteiger partial charge in [0.25, 0.3) is 0 Å². The van der Waals surface area contributed by atoms with E-state index in [-0.39, 0.29) is 0 Å². The van der Waals surface area contributed by atoms with Crippen LogP contribution < -0.4 is 10.1 Å². The van der Waals surface area contributed by atoms with Gasteiger partial charge in [-0.2, -0.15) is 0 Å². The molecule has 0 radical (unpaired) electrons. The van der Waals surface area contributed by atoms with Crippen LogP contribution in [0.15, 0.2) is 36.9 Å². The molecule has 1 fully saturated rings. The lowest BCUT2D eigenvalue weighted by Crippen LogP contribution is -2.30. The van der Waals surface area contributed by atoms with Crippen molar-refractivity contribution in [1.82, 2.24) is 10.2 Å². The van der Waals surface area contributed by atoms with Crippen LogP contribution in [0.1, 0.15) is 32.3 Å². The van der Waals surface area contributed by atoms with Gasteiger partial charge in [0.15, 0.2) is 0 Å². The van der Waals surface area contributed by atoms with Crippen molar-refractivity contribution < 1.29 is 4.74 Å². The van der Waals surface area contributed by atoms with E-state index in [0.717, 1.165) is 38.0 Å². The van der Waals surface area contributed by atoms with Crippen molar-refractivity contribution in [3.8, 4) is 5.75 Å². The predicted octanol–water partition coefficient (Wildman–Crippen LogP) is 3.21. The van der Waals surface area contributed by atoms with Crippen molar-refractivity contribution in [2.75, 3.05) is 19.7 Å². The van der Waals surface area contributed by atoms with E-state index in [4.69, 9.17) is 4.74 Å². The Morgan fingerprint density at radius 3 is 2.81 bits per heavy atom. The van der Waals surface area contributed by atoms with E-state index in [2.05, 4.69) is 48.8 Å². The van der Waals surface area contributed by atoms with Crippen LogP contribution in [0.4, 0.5) is 0 Å². The van der Waals surface area contributed by atoms with Crippen molar-refractivity contribution in [1.29, 1.82) is 0 Å². The number of nitrogens with zero attached hydrogens (tertiary/aromatic N) is 1. The SMILES string of the molecule is C=CCN(CCOc1ccccc1CNC(C)C)C1CC1. The molecule has 0 atom stereocenters. The molecule has 0 bridgehead atoms. The number of hydrogen-bond acceptors (Lipinski definition) is 3. The van der Waals surface area contributed by atoms with E-state index in [0.29, 0.717) is 6.04 Å². The van der Waals surface area contributed by atoms with Crippen LogP contribution in [0.2, 0.25) is 0 Å². The van der Waals surface area contributed by atoms with Crippen LogP contribution in [0, 0.1) is 0 Å². The van der Waals surface area contributed by atoms with E-state index in [1.165, 1.54) is 18.4 Å². The van der Waals surface area contributed by atoms with Gasteiger partial charge in [-0.15, -0.1) is 6.58 Å². The molecule has 21 heavy (non-hydrogen) atoms. The molecule has 0 aromatic heterocycles. The first-order valence-electron chi connectivity index (χ1n) is 7.99. The van der Waals surface area contributed by atoms with E-state index in [1.54, 1.807) is 0 Å². The van der Waals surface area contributed by atoms with E-state index < -0.39 is 0 Å². The van der Waals surface area contributed by atoms with Gasteiger partial charge in [0.1, 0.15) is 12.4 Å². The molecule has 0 saturated heterocycles. The highest BCUT2D eigenvalue weighted by molar-refractivity contribution is 5.33. The van der Waals surface area contributed by atoms with Gasteiger partial charge < -0.3 is 10.1 Å². The number of benzene rings is 1. The highest BCUT2D eigenvalue weighted by atomic mass is 16.5. The van der Waals surface area contributed by atoms with Gasteiger partial charge >= 0.3 is 0 Å². The monoisotopic (exact) mass is 288 g/mol. The number of nitrogens with one attached hydrogen (secondary N) is 1. The molecule has 0 amide bonds. The van der Waals surface area contributed by atoms with Gasteiger partial charge in [-0.05, 0) is 18.9 Å². The lowest BCUT2D eigenvalue weighted by molar-refractivity contribution is 0.215. The second kappa shape index (κ2) is 8.20. The fourth-order valence-corrected chi connectivity index (χ4v) is 2.41. The fourth-order valence-electron chi connectivity index (χ4n) is 2.41. The fraction of sp³-hybridized carbons (Fsp3) is 0.556. The van der Waals surface area contributed by atoms with Crippen molar-refractivity contribution in [2.24, 2.45) is 0 Å². The summed E-state index contributed by atoms with van der Waals surface area (Å²) in [4.78, 5) is 2.46. The van der Waals surface area contributed by atoms with Gasteiger partial charge in [0.2, 0.25) is 0 Å². The molecule has 0 spiro atoms. The minimum atomic E-state index is 0.482. The maximum absolute atomic E-state index is 6.01. The van der Waals surface area contributed by atoms with E-state index >= 15 is 0 Å². The van der Waals surface area contributed by atoms with Gasteiger partial charge in [-0.1, -0.05) is 38.1 Å². The van der Waals surface area contributed by atoms with Gasteiger partial charge in [0.05, 0.1) is 0 Å². The highest BCUT2D eigenvalue weighted by Crippen LogP contribution is 2.26. The van der Waals surface area contributed by atoms with Crippen molar-refractivity contribution in [3.63, 3.8) is 0 Å². The zero-order chi connectivity index (χ0) is 15.1. The number of hydrogen-bond donors (Lipinski definition) is 1. The van der Waals surface area contributed by atoms with Crippen LogP contribution in [0.5, 0.6) is 5.75 Å². The molecular formula is C18H28N2O. The van der Waals surface area contributed by atoms with E-state index in [9.17, 15) is 0 Å². The zero-order valence-corrected chi connectivity index (χ0v) is 13.3. The first-order chi connectivity index (χ1) is 10.2. The van der Waals surface area contributed by atoms with Crippen LogP contribution in [0.25, 0.3) is 0 Å². The minimum Gasteiger partial charge on any atom is -0.492 e. The molecule has 1 aliphatic carbocycles. The Bertz CT molecular complexity index is 441. The maximum Gasteiger partial charge on any atom is 0.123 e. The van der Waals surface area contributed by atoms with Crippen molar-refractivity contribution in [2.45, 2.75) is 45.3 Å². The van der Waals surface area contributed by atoms with Crippen LogP contribution >= 0.6 is 0 Å². The molecule has 0 aliphatic heterocycles. The third-order valence-electron chi connectivity index (χ3n) is 3.74. The van der Waals surface area contributed by atoms with Crippen LogP contribution in [-0.4, -0.2) is 36.7 Å². The summed E-state index contributed by atoms with van der Waals surface area (Å²) < 4.78 is 6.01. The quantitative estimate of drug-likeness (QED) is 0.669. The summed E-state index contributed by atoms with van der Waals surface area (Å²) in [6.45, 7) is 11.7. The average Bonchev–Trinajstić information content (AvgIpc) is 3.30. The van der Waals surface area contributed by atoms with Gasteiger partial charge in [-0.25, -0.2) is 0 Å². The highest BCUT2D eigenvalue weighted by Gasteiger charge is 2.27.